The van der Waals surface area contributed by atoms with Gasteiger partial charge >= 0.3 is 0 Å². The molecule has 0 saturated carbocycles. The first-order valence-corrected chi connectivity index (χ1v) is 9.58. The fraction of sp³-hybridized carbons (Fsp3) is 0.409. The number of hydrogen-bond donors (Lipinski definition) is 2. The second kappa shape index (κ2) is 12.9. The molecule has 1 saturated heterocycles. The van der Waals surface area contributed by atoms with Crippen LogP contribution in [0, 0.1) is 0 Å². The molecule has 2 unspecified atom stereocenters. The molecule has 0 aliphatic carbocycles. The fourth-order valence-corrected chi connectivity index (χ4v) is 2.54. The van der Waals surface area contributed by atoms with Gasteiger partial charge in [-0.2, -0.15) is 0 Å². The van der Waals surface area contributed by atoms with E-state index in [4.69, 9.17) is 9.47 Å². The van der Waals surface area contributed by atoms with Crippen molar-refractivity contribution in [1.82, 2.24) is 4.98 Å². The van der Waals surface area contributed by atoms with Crippen LogP contribution >= 0.6 is 0 Å². The zero-order valence-corrected chi connectivity index (χ0v) is 16.6. The Labute approximate surface area is 162 Å². The monoisotopic (exact) mass is 373 g/mol. The van der Waals surface area contributed by atoms with Crippen LogP contribution in [0.1, 0.15) is 57.8 Å². The van der Waals surface area contributed by atoms with Gasteiger partial charge in [0.05, 0.1) is 12.7 Å². The zero-order valence-electron chi connectivity index (χ0n) is 16.6. The van der Waals surface area contributed by atoms with Crippen molar-refractivity contribution in [3.05, 3.63) is 59.9 Å². The van der Waals surface area contributed by atoms with Crippen LogP contribution in [0.15, 0.2) is 48.8 Å². The van der Waals surface area contributed by atoms with Gasteiger partial charge in [0.15, 0.2) is 17.8 Å². The molecule has 148 valence electrons. The Kier molecular flexibility index (Phi) is 10.8. The molecule has 5 nitrogen and oxygen atoms in total. The highest BCUT2D eigenvalue weighted by atomic mass is 16.7. The Balaban J connectivity index is 0.000000855. The minimum atomic E-state index is -0.255. The minimum Gasteiger partial charge on any atom is -0.504 e. The summed E-state index contributed by atoms with van der Waals surface area (Å²) in [6, 6.07) is 8.62. The molecule has 2 N–H and O–H groups in total. The Hall–Kier alpha value is -2.37. The molecule has 0 radical (unpaired) electrons. The Bertz CT molecular complexity index is 673. The third-order valence-corrected chi connectivity index (χ3v) is 3.72. The Morgan fingerprint density at radius 2 is 1.89 bits per heavy atom. The fourth-order valence-electron chi connectivity index (χ4n) is 2.54. The first-order valence-electron chi connectivity index (χ1n) is 9.58. The van der Waals surface area contributed by atoms with Gasteiger partial charge in [0.25, 0.3) is 0 Å². The van der Waals surface area contributed by atoms with Crippen LogP contribution in [0.4, 0.5) is 0 Å². The molecule has 1 aliphatic heterocycles. The third-order valence-electron chi connectivity index (χ3n) is 3.72. The molecule has 3 rings (SSSR count). The molecule has 1 aromatic heterocycles. The van der Waals surface area contributed by atoms with Crippen molar-refractivity contribution < 1.29 is 19.7 Å². The maximum Gasteiger partial charge on any atom is 0.158 e. The van der Waals surface area contributed by atoms with Crippen LogP contribution in [-0.4, -0.2) is 28.1 Å². The van der Waals surface area contributed by atoms with E-state index in [0.29, 0.717) is 6.61 Å². The smallest absolute Gasteiger partial charge is 0.158 e. The maximum absolute atomic E-state index is 9.56. The van der Waals surface area contributed by atoms with Crippen LogP contribution in [0.25, 0.3) is 6.08 Å². The number of phenolic OH excluding ortho intramolecular Hbond substituents is 2. The summed E-state index contributed by atoms with van der Waals surface area (Å²) < 4.78 is 11.5. The molecule has 1 aromatic carbocycles. The summed E-state index contributed by atoms with van der Waals surface area (Å²) in [6.45, 7) is 8.47. The van der Waals surface area contributed by atoms with E-state index in [-0.39, 0.29) is 23.9 Å². The molecule has 1 aliphatic rings. The summed E-state index contributed by atoms with van der Waals surface area (Å²) in [5, 5.41) is 18.9. The summed E-state index contributed by atoms with van der Waals surface area (Å²) in [4.78, 5) is 4.04. The number of pyridine rings is 1. The van der Waals surface area contributed by atoms with Crippen LogP contribution < -0.4 is 0 Å². The second-order valence-electron chi connectivity index (χ2n) is 5.40. The Morgan fingerprint density at radius 3 is 2.56 bits per heavy atom. The summed E-state index contributed by atoms with van der Waals surface area (Å²) >= 11 is 0. The molecule has 2 aromatic rings. The van der Waals surface area contributed by atoms with E-state index in [1.54, 1.807) is 18.5 Å². The molecule has 27 heavy (non-hydrogen) atoms. The van der Waals surface area contributed by atoms with E-state index < -0.39 is 0 Å². The quantitative estimate of drug-likeness (QED) is 0.682. The number of phenols is 2. The first kappa shape index (κ1) is 22.7. The van der Waals surface area contributed by atoms with E-state index in [2.05, 4.69) is 4.98 Å². The molecule has 2 atom stereocenters. The van der Waals surface area contributed by atoms with Gasteiger partial charge in [-0.05, 0) is 35.7 Å². The summed E-state index contributed by atoms with van der Waals surface area (Å²) in [6.07, 6.45) is 8.66. The topological polar surface area (TPSA) is 71.8 Å². The highest BCUT2D eigenvalue weighted by Gasteiger charge is 2.27. The van der Waals surface area contributed by atoms with E-state index >= 15 is 0 Å². The van der Waals surface area contributed by atoms with Gasteiger partial charge in [-0.1, -0.05) is 52.0 Å². The standard InChI is InChI=1S/C18H19NO4.2C2H6/c20-15-6-5-14(11-16(15)21)17-7-8-18(23-17)22-10-2-4-13-3-1-9-19-12-13;2*1-2/h1-6,9,11-12,17-18,20-21H,7-8,10H2;2*1-2H3/b4-2+;;. The van der Waals surface area contributed by atoms with Crippen molar-refractivity contribution in [3.8, 4) is 11.5 Å². The number of hydrogen-bond acceptors (Lipinski definition) is 5. The number of aromatic hydroxyl groups is 2. The van der Waals surface area contributed by atoms with Crippen molar-refractivity contribution in [2.24, 2.45) is 0 Å². The molecule has 2 heterocycles. The van der Waals surface area contributed by atoms with Crippen LogP contribution in [0.2, 0.25) is 0 Å². The van der Waals surface area contributed by atoms with Crippen LogP contribution in [0.5, 0.6) is 11.5 Å². The number of nitrogens with zero attached hydrogens (tertiary/aromatic N) is 1. The van der Waals surface area contributed by atoms with Gasteiger partial charge in [-0.15, -0.1) is 0 Å². The predicted molar refractivity (Wildman–Crippen MR) is 109 cm³/mol. The van der Waals surface area contributed by atoms with Crippen LogP contribution in [-0.2, 0) is 9.47 Å². The summed E-state index contributed by atoms with van der Waals surface area (Å²) in [7, 11) is 0. The van der Waals surface area contributed by atoms with Crippen molar-refractivity contribution in [2.75, 3.05) is 6.61 Å². The normalized spacial score (nSPS) is 18.4. The third kappa shape index (κ3) is 7.41. The van der Waals surface area contributed by atoms with Gasteiger partial charge in [0, 0.05) is 18.8 Å². The lowest BCUT2D eigenvalue weighted by Gasteiger charge is -2.14. The molecule has 0 spiro atoms. The SMILES string of the molecule is CC.CC.Oc1ccc(C2CCC(OC/C=C/c3cccnc3)O2)cc1O. The van der Waals surface area contributed by atoms with Crippen molar-refractivity contribution in [3.63, 3.8) is 0 Å². The van der Waals surface area contributed by atoms with Gasteiger partial charge in [0.2, 0.25) is 0 Å². The predicted octanol–water partition coefficient (Wildman–Crippen LogP) is 5.45. The average Bonchev–Trinajstić information content (AvgIpc) is 3.20. The average molecular weight is 373 g/mol. The van der Waals surface area contributed by atoms with Gasteiger partial charge < -0.3 is 19.7 Å². The van der Waals surface area contributed by atoms with Gasteiger partial charge in [-0.25, -0.2) is 0 Å². The molecular weight excluding hydrogens is 342 g/mol. The summed E-state index contributed by atoms with van der Waals surface area (Å²) in [5.74, 6) is -0.255. The van der Waals surface area contributed by atoms with Gasteiger partial charge in [0.1, 0.15) is 0 Å². The van der Waals surface area contributed by atoms with E-state index in [9.17, 15) is 10.2 Å². The molecule has 0 bridgehead atoms. The summed E-state index contributed by atoms with van der Waals surface area (Å²) in [5.41, 5.74) is 1.87. The number of benzene rings is 1. The molecule has 5 heteroatoms. The highest BCUT2D eigenvalue weighted by Crippen LogP contribution is 2.36. The molecular formula is C22H31NO4. The number of ether oxygens (including phenoxy) is 2. The molecule has 0 amide bonds. The Morgan fingerprint density at radius 1 is 1.11 bits per heavy atom. The van der Waals surface area contributed by atoms with E-state index in [1.165, 1.54) is 12.1 Å². The zero-order chi connectivity index (χ0) is 20.1. The van der Waals surface area contributed by atoms with E-state index in [0.717, 1.165) is 24.0 Å². The van der Waals surface area contributed by atoms with Crippen molar-refractivity contribution in [1.29, 1.82) is 0 Å². The van der Waals surface area contributed by atoms with E-state index in [1.807, 2.05) is 52.0 Å². The second-order valence-corrected chi connectivity index (χ2v) is 5.40. The minimum absolute atomic E-state index is 0.117. The largest absolute Gasteiger partial charge is 0.504 e. The van der Waals surface area contributed by atoms with Crippen LogP contribution in [0.3, 0.4) is 0 Å². The maximum atomic E-state index is 9.56. The first-order chi connectivity index (χ1) is 13.2. The van der Waals surface area contributed by atoms with Crippen molar-refractivity contribution in [2.45, 2.75) is 52.9 Å². The number of aromatic nitrogens is 1. The van der Waals surface area contributed by atoms with Crippen molar-refractivity contribution >= 4 is 6.08 Å². The lowest BCUT2D eigenvalue weighted by molar-refractivity contribution is -0.126. The number of rotatable bonds is 5. The van der Waals surface area contributed by atoms with Gasteiger partial charge in [-0.3, -0.25) is 4.98 Å². The molecule has 1 fully saturated rings. The lowest BCUT2D eigenvalue weighted by Crippen LogP contribution is -2.11. The lowest BCUT2D eigenvalue weighted by atomic mass is 10.1. The highest BCUT2D eigenvalue weighted by molar-refractivity contribution is 5.47.